The van der Waals surface area contributed by atoms with E-state index in [0.29, 0.717) is 5.92 Å². The molecule has 4 N–H and O–H groups in total. The van der Waals surface area contributed by atoms with Crippen molar-refractivity contribution in [3.63, 3.8) is 0 Å². The number of anilines is 2. The zero-order valence-electron chi connectivity index (χ0n) is 10.7. The highest BCUT2D eigenvalue weighted by Gasteiger charge is 2.07. The summed E-state index contributed by atoms with van der Waals surface area (Å²) in [7, 11) is 0. The lowest BCUT2D eigenvalue weighted by Crippen LogP contribution is -2.04. The average Bonchev–Trinajstić information content (AvgIpc) is 2.20. The van der Waals surface area contributed by atoms with Crippen molar-refractivity contribution in [3.05, 3.63) is 23.3 Å². The lowest BCUT2D eigenvalue weighted by Gasteiger charge is -2.13. The first kappa shape index (κ1) is 12.9. The van der Waals surface area contributed by atoms with Crippen LogP contribution in [-0.4, -0.2) is 0 Å². The summed E-state index contributed by atoms with van der Waals surface area (Å²) in [4.78, 5) is 0. The van der Waals surface area contributed by atoms with Crippen molar-refractivity contribution in [3.8, 4) is 0 Å². The Morgan fingerprint density at radius 3 is 2.25 bits per heavy atom. The Bertz CT molecular complexity index is 343. The van der Waals surface area contributed by atoms with Crippen LogP contribution in [-0.2, 0) is 12.8 Å². The van der Waals surface area contributed by atoms with Crippen LogP contribution in [0.4, 0.5) is 11.4 Å². The second kappa shape index (κ2) is 5.78. The number of nitrogen functional groups attached to an aromatic ring is 2. The van der Waals surface area contributed by atoms with E-state index in [1.54, 1.807) is 0 Å². The standard InChI is InChI=1S/C14H24N2/c1-4-5-6-11-8-12(7-10(2)3)14(16)9-13(11)15/h8-10H,4-7,15-16H2,1-3H3. The maximum absolute atomic E-state index is 5.99. The van der Waals surface area contributed by atoms with Crippen molar-refractivity contribution in [2.45, 2.75) is 46.5 Å². The van der Waals surface area contributed by atoms with Gasteiger partial charge in [0.1, 0.15) is 0 Å². The van der Waals surface area contributed by atoms with Gasteiger partial charge in [0.2, 0.25) is 0 Å². The molecule has 0 spiro atoms. The molecule has 0 aliphatic rings. The maximum Gasteiger partial charge on any atom is 0.0367 e. The van der Waals surface area contributed by atoms with Crippen LogP contribution < -0.4 is 11.5 Å². The first-order valence-electron chi connectivity index (χ1n) is 6.21. The summed E-state index contributed by atoms with van der Waals surface area (Å²) < 4.78 is 0. The lowest BCUT2D eigenvalue weighted by atomic mass is 9.96. The molecule has 0 atom stereocenters. The fourth-order valence-electron chi connectivity index (χ4n) is 1.93. The van der Waals surface area contributed by atoms with Gasteiger partial charge in [-0.25, -0.2) is 0 Å². The third kappa shape index (κ3) is 3.44. The predicted octanol–water partition coefficient (Wildman–Crippen LogP) is 3.39. The third-order valence-electron chi connectivity index (χ3n) is 2.83. The van der Waals surface area contributed by atoms with Gasteiger partial charge in [-0.15, -0.1) is 0 Å². The molecule has 0 aromatic heterocycles. The quantitative estimate of drug-likeness (QED) is 0.747. The van der Waals surface area contributed by atoms with Gasteiger partial charge in [0.15, 0.2) is 0 Å². The summed E-state index contributed by atoms with van der Waals surface area (Å²) in [6.07, 6.45) is 4.48. The largest absolute Gasteiger partial charge is 0.398 e. The molecule has 0 unspecified atom stereocenters. The molecule has 0 aliphatic carbocycles. The molecular formula is C14H24N2. The number of rotatable bonds is 5. The SMILES string of the molecule is CCCCc1cc(CC(C)C)c(N)cc1N. The first-order valence-corrected chi connectivity index (χ1v) is 6.21. The van der Waals surface area contributed by atoms with E-state index in [9.17, 15) is 0 Å². The highest BCUT2D eigenvalue weighted by Crippen LogP contribution is 2.24. The van der Waals surface area contributed by atoms with Crippen molar-refractivity contribution in [1.82, 2.24) is 0 Å². The Kier molecular flexibility index (Phi) is 4.66. The van der Waals surface area contributed by atoms with Gasteiger partial charge in [-0.2, -0.15) is 0 Å². The molecule has 0 heterocycles. The maximum atomic E-state index is 5.99. The van der Waals surface area contributed by atoms with Crippen LogP contribution in [0.15, 0.2) is 12.1 Å². The molecule has 1 aromatic carbocycles. The van der Waals surface area contributed by atoms with Gasteiger partial charge in [-0.1, -0.05) is 33.3 Å². The van der Waals surface area contributed by atoms with Gasteiger partial charge >= 0.3 is 0 Å². The third-order valence-corrected chi connectivity index (χ3v) is 2.83. The number of hydrogen-bond donors (Lipinski definition) is 2. The molecular weight excluding hydrogens is 196 g/mol. The molecule has 2 nitrogen and oxygen atoms in total. The zero-order chi connectivity index (χ0) is 12.1. The average molecular weight is 220 g/mol. The first-order chi connectivity index (χ1) is 7.54. The van der Waals surface area contributed by atoms with E-state index in [1.807, 2.05) is 6.07 Å². The number of hydrogen-bond acceptors (Lipinski definition) is 2. The summed E-state index contributed by atoms with van der Waals surface area (Å²) in [6, 6.07) is 4.11. The highest BCUT2D eigenvalue weighted by molar-refractivity contribution is 5.61. The summed E-state index contributed by atoms with van der Waals surface area (Å²) >= 11 is 0. The normalized spacial score (nSPS) is 11.0. The predicted molar refractivity (Wildman–Crippen MR) is 72.4 cm³/mol. The number of aryl methyl sites for hydroxylation is 1. The van der Waals surface area contributed by atoms with Crippen molar-refractivity contribution < 1.29 is 0 Å². The molecule has 0 aliphatic heterocycles. The van der Waals surface area contributed by atoms with E-state index < -0.39 is 0 Å². The van der Waals surface area contributed by atoms with Gasteiger partial charge < -0.3 is 11.5 Å². The Labute approximate surface area is 99.0 Å². The molecule has 90 valence electrons. The van der Waals surface area contributed by atoms with Crippen molar-refractivity contribution in [1.29, 1.82) is 0 Å². The summed E-state index contributed by atoms with van der Waals surface area (Å²) in [5, 5.41) is 0. The summed E-state index contributed by atoms with van der Waals surface area (Å²) in [5.41, 5.74) is 16.2. The Morgan fingerprint density at radius 1 is 1.06 bits per heavy atom. The minimum Gasteiger partial charge on any atom is -0.398 e. The van der Waals surface area contributed by atoms with Gasteiger partial charge in [0.05, 0.1) is 0 Å². The van der Waals surface area contributed by atoms with E-state index in [0.717, 1.165) is 24.2 Å². The fraction of sp³-hybridized carbons (Fsp3) is 0.571. The van der Waals surface area contributed by atoms with Crippen LogP contribution >= 0.6 is 0 Å². The smallest absolute Gasteiger partial charge is 0.0367 e. The van der Waals surface area contributed by atoms with E-state index >= 15 is 0 Å². The number of nitrogens with two attached hydrogens (primary N) is 2. The zero-order valence-corrected chi connectivity index (χ0v) is 10.7. The fourth-order valence-corrected chi connectivity index (χ4v) is 1.93. The Hall–Kier alpha value is -1.18. The highest BCUT2D eigenvalue weighted by atomic mass is 14.6. The minimum absolute atomic E-state index is 0.630. The van der Waals surface area contributed by atoms with E-state index in [4.69, 9.17) is 11.5 Å². The molecule has 0 saturated heterocycles. The molecule has 0 radical (unpaired) electrons. The van der Waals surface area contributed by atoms with E-state index in [2.05, 4.69) is 26.8 Å². The number of benzene rings is 1. The molecule has 1 rings (SSSR count). The van der Waals surface area contributed by atoms with E-state index in [1.165, 1.54) is 24.0 Å². The summed E-state index contributed by atoms with van der Waals surface area (Å²) in [5.74, 6) is 0.630. The molecule has 2 heteroatoms. The van der Waals surface area contributed by atoms with Crippen LogP contribution in [0.5, 0.6) is 0 Å². The minimum atomic E-state index is 0.630. The van der Waals surface area contributed by atoms with Gasteiger partial charge in [0.25, 0.3) is 0 Å². The molecule has 16 heavy (non-hydrogen) atoms. The Morgan fingerprint density at radius 2 is 1.69 bits per heavy atom. The van der Waals surface area contributed by atoms with Gasteiger partial charge in [-0.05, 0) is 42.4 Å². The number of unbranched alkanes of at least 4 members (excludes halogenated alkanes) is 1. The van der Waals surface area contributed by atoms with Crippen LogP contribution in [0.1, 0.15) is 44.7 Å². The molecule has 0 amide bonds. The summed E-state index contributed by atoms with van der Waals surface area (Å²) in [6.45, 7) is 6.62. The lowest BCUT2D eigenvalue weighted by molar-refractivity contribution is 0.647. The molecule has 0 fully saturated rings. The van der Waals surface area contributed by atoms with Crippen molar-refractivity contribution in [2.24, 2.45) is 5.92 Å². The van der Waals surface area contributed by atoms with Crippen LogP contribution in [0.3, 0.4) is 0 Å². The van der Waals surface area contributed by atoms with Gasteiger partial charge in [0, 0.05) is 11.4 Å². The van der Waals surface area contributed by atoms with E-state index in [-0.39, 0.29) is 0 Å². The van der Waals surface area contributed by atoms with Crippen LogP contribution in [0.25, 0.3) is 0 Å². The second-order valence-corrected chi connectivity index (χ2v) is 4.95. The topological polar surface area (TPSA) is 52.0 Å². The Balaban J connectivity index is 2.92. The molecule has 0 bridgehead atoms. The second-order valence-electron chi connectivity index (χ2n) is 4.95. The van der Waals surface area contributed by atoms with Crippen molar-refractivity contribution in [2.75, 3.05) is 11.5 Å². The monoisotopic (exact) mass is 220 g/mol. The molecule has 0 saturated carbocycles. The van der Waals surface area contributed by atoms with Crippen LogP contribution in [0.2, 0.25) is 0 Å². The van der Waals surface area contributed by atoms with Gasteiger partial charge in [-0.3, -0.25) is 0 Å². The van der Waals surface area contributed by atoms with Crippen molar-refractivity contribution >= 4 is 11.4 Å². The van der Waals surface area contributed by atoms with Crippen LogP contribution in [0, 0.1) is 5.92 Å². The molecule has 1 aromatic rings.